The van der Waals surface area contributed by atoms with E-state index in [1.165, 1.54) is 0 Å². The number of nitrogens with one attached hydrogen (secondary N) is 1. The molecule has 3 aromatic rings. The van der Waals surface area contributed by atoms with E-state index in [4.69, 9.17) is 4.74 Å². The Morgan fingerprint density at radius 3 is 2.92 bits per heavy atom. The maximum Gasteiger partial charge on any atom is 0.415 e. The molecule has 134 valence electrons. The highest BCUT2D eigenvalue weighted by molar-refractivity contribution is 7.99. The van der Waals surface area contributed by atoms with Crippen LogP contribution < -0.4 is 4.74 Å². The summed E-state index contributed by atoms with van der Waals surface area (Å²) in [7, 11) is 0. The molecule has 1 aliphatic heterocycles. The van der Waals surface area contributed by atoms with Crippen molar-refractivity contribution in [1.29, 1.82) is 0 Å². The molecule has 4 rings (SSSR count). The van der Waals surface area contributed by atoms with E-state index in [0.29, 0.717) is 11.7 Å². The van der Waals surface area contributed by atoms with Crippen LogP contribution in [0, 0.1) is 5.92 Å². The molecule has 0 aliphatic carbocycles. The summed E-state index contributed by atoms with van der Waals surface area (Å²) in [6.45, 7) is 1.46. The van der Waals surface area contributed by atoms with Crippen molar-refractivity contribution >= 4 is 28.8 Å². The van der Waals surface area contributed by atoms with E-state index in [-0.39, 0.29) is 6.09 Å². The van der Waals surface area contributed by atoms with Gasteiger partial charge < -0.3 is 14.6 Å². The van der Waals surface area contributed by atoms with E-state index in [0.717, 1.165) is 47.7 Å². The zero-order valence-electron chi connectivity index (χ0n) is 14.3. The average molecular weight is 368 g/mol. The maximum absolute atomic E-state index is 12.4. The number of hydrogen-bond donors (Lipinski definition) is 1. The number of piperidine rings is 1. The van der Waals surface area contributed by atoms with E-state index in [1.807, 2.05) is 30.5 Å². The highest BCUT2D eigenvalue weighted by Crippen LogP contribution is 2.25. The number of aromatic amines is 1. The largest absolute Gasteiger partial charge is 0.415 e. The molecular weight excluding hydrogens is 348 g/mol. The van der Waals surface area contributed by atoms with Crippen molar-refractivity contribution in [3.8, 4) is 5.75 Å². The summed E-state index contributed by atoms with van der Waals surface area (Å²) in [5.74, 6) is 2.16. The number of carbonyl (C=O) groups excluding carboxylic acids is 1. The molecule has 1 aromatic carbocycles. The van der Waals surface area contributed by atoms with Gasteiger partial charge in [0, 0.05) is 48.9 Å². The van der Waals surface area contributed by atoms with Gasteiger partial charge in [0.1, 0.15) is 5.75 Å². The van der Waals surface area contributed by atoms with E-state index in [1.54, 1.807) is 35.1 Å². The van der Waals surface area contributed by atoms with Crippen LogP contribution in [0.15, 0.2) is 54.1 Å². The van der Waals surface area contributed by atoms with E-state index >= 15 is 0 Å². The summed E-state index contributed by atoms with van der Waals surface area (Å²) in [5, 5.41) is 1.99. The van der Waals surface area contributed by atoms with Crippen molar-refractivity contribution in [1.82, 2.24) is 19.9 Å². The van der Waals surface area contributed by atoms with Crippen LogP contribution in [0.3, 0.4) is 0 Å². The normalized spacial score (nSPS) is 15.3. The molecule has 3 heterocycles. The van der Waals surface area contributed by atoms with Crippen LogP contribution in [-0.2, 0) is 0 Å². The second-order valence-electron chi connectivity index (χ2n) is 6.36. The van der Waals surface area contributed by atoms with Crippen molar-refractivity contribution < 1.29 is 9.53 Å². The predicted octanol–water partition coefficient (Wildman–Crippen LogP) is 3.96. The second kappa shape index (κ2) is 7.78. The monoisotopic (exact) mass is 368 g/mol. The number of nitrogens with zero attached hydrogens (tertiary/aromatic N) is 3. The fourth-order valence-electron chi connectivity index (χ4n) is 3.08. The first-order valence-electron chi connectivity index (χ1n) is 8.71. The van der Waals surface area contributed by atoms with Crippen LogP contribution >= 0.6 is 11.8 Å². The Kier molecular flexibility index (Phi) is 5.06. The molecule has 7 heteroatoms. The Balaban J connectivity index is 1.28. The number of imidazole rings is 1. The quantitative estimate of drug-likeness (QED) is 0.706. The Bertz CT molecular complexity index is 876. The van der Waals surface area contributed by atoms with Crippen LogP contribution in [0.25, 0.3) is 10.9 Å². The van der Waals surface area contributed by atoms with Gasteiger partial charge in [-0.15, -0.1) is 0 Å². The van der Waals surface area contributed by atoms with E-state index < -0.39 is 0 Å². The highest BCUT2D eigenvalue weighted by Gasteiger charge is 2.24. The summed E-state index contributed by atoms with van der Waals surface area (Å²) in [5.41, 5.74) is 0.825. The minimum atomic E-state index is -0.280. The van der Waals surface area contributed by atoms with Gasteiger partial charge in [-0.2, -0.15) is 0 Å². The maximum atomic E-state index is 12.4. The Morgan fingerprint density at radius 1 is 1.23 bits per heavy atom. The molecule has 0 bridgehead atoms. The third kappa shape index (κ3) is 3.99. The highest BCUT2D eigenvalue weighted by atomic mass is 32.2. The number of pyridine rings is 1. The van der Waals surface area contributed by atoms with Gasteiger partial charge in [0.25, 0.3) is 0 Å². The van der Waals surface area contributed by atoms with Gasteiger partial charge >= 0.3 is 6.09 Å². The molecular formula is C19H20N4O2S. The SMILES string of the molecule is O=C(Oc1ccc2cccnc2c1)N1CCC(CSc2ncc[nH]2)CC1. The number of thioether (sulfide) groups is 1. The van der Waals surface area contributed by atoms with Gasteiger partial charge in [0.2, 0.25) is 0 Å². The summed E-state index contributed by atoms with van der Waals surface area (Å²) in [6.07, 6.45) is 7.04. The van der Waals surface area contributed by atoms with Gasteiger partial charge in [0.15, 0.2) is 5.16 Å². The Labute approximate surface area is 156 Å². The molecule has 0 unspecified atom stereocenters. The number of carbonyl (C=O) groups is 1. The van der Waals surface area contributed by atoms with Crippen molar-refractivity contribution in [2.75, 3.05) is 18.8 Å². The summed E-state index contributed by atoms with van der Waals surface area (Å²) >= 11 is 1.74. The molecule has 1 saturated heterocycles. The fraction of sp³-hybridized carbons (Fsp3) is 0.316. The third-order valence-corrected chi connectivity index (χ3v) is 5.72. The zero-order valence-corrected chi connectivity index (χ0v) is 15.1. The standard InChI is InChI=1S/C19H20N4O2S/c24-19(25-16-4-3-15-2-1-7-20-17(15)12-16)23-10-5-14(6-11-23)13-26-18-21-8-9-22-18/h1-4,7-9,12,14H,5-6,10-11,13H2,(H,21,22). The topological polar surface area (TPSA) is 71.1 Å². The zero-order chi connectivity index (χ0) is 17.8. The first-order valence-corrected chi connectivity index (χ1v) is 9.70. The van der Waals surface area contributed by atoms with Gasteiger partial charge in [0.05, 0.1) is 5.52 Å². The van der Waals surface area contributed by atoms with Crippen LogP contribution in [0.5, 0.6) is 5.75 Å². The molecule has 1 amide bonds. The molecule has 0 atom stereocenters. The Hall–Kier alpha value is -2.54. The van der Waals surface area contributed by atoms with E-state index in [2.05, 4.69) is 15.0 Å². The molecule has 1 fully saturated rings. The fourth-order valence-corrected chi connectivity index (χ4v) is 4.10. The van der Waals surface area contributed by atoms with Crippen molar-refractivity contribution in [2.24, 2.45) is 5.92 Å². The minimum Gasteiger partial charge on any atom is -0.410 e. The van der Waals surface area contributed by atoms with Crippen molar-refractivity contribution in [3.63, 3.8) is 0 Å². The second-order valence-corrected chi connectivity index (χ2v) is 7.37. The number of H-pyrrole nitrogens is 1. The molecule has 2 aromatic heterocycles. The molecule has 0 saturated carbocycles. The summed E-state index contributed by atoms with van der Waals surface area (Å²) in [6, 6.07) is 9.42. The number of ether oxygens (including phenoxy) is 1. The van der Waals surface area contributed by atoms with Crippen molar-refractivity contribution in [3.05, 3.63) is 48.9 Å². The van der Waals surface area contributed by atoms with Gasteiger partial charge in [-0.25, -0.2) is 9.78 Å². The average Bonchev–Trinajstić information content (AvgIpc) is 3.20. The third-order valence-electron chi connectivity index (χ3n) is 4.58. The van der Waals surface area contributed by atoms with Crippen LogP contribution in [-0.4, -0.2) is 44.8 Å². The lowest BCUT2D eigenvalue weighted by atomic mass is 9.99. The van der Waals surface area contributed by atoms with Gasteiger partial charge in [-0.3, -0.25) is 4.98 Å². The molecule has 6 nitrogen and oxygen atoms in total. The number of fused-ring (bicyclic) bond motifs is 1. The number of aromatic nitrogens is 3. The number of benzene rings is 1. The first kappa shape index (κ1) is 16.9. The lowest BCUT2D eigenvalue weighted by Gasteiger charge is -2.30. The molecule has 26 heavy (non-hydrogen) atoms. The molecule has 0 spiro atoms. The first-order chi connectivity index (χ1) is 12.8. The molecule has 1 aliphatic rings. The number of amides is 1. The minimum absolute atomic E-state index is 0.280. The summed E-state index contributed by atoms with van der Waals surface area (Å²) in [4.78, 5) is 25.8. The van der Waals surface area contributed by atoms with Gasteiger partial charge in [-0.05, 0) is 37.0 Å². The summed E-state index contributed by atoms with van der Waals surface area (Å²) < 4.78 is 5.54. The van der Waals surface area contributed by atoms with Gasteiger partial charge in [-0.1, -0.05) is 17.8 Å². The lowest BCUT2D eigenvalue weighted by Crippen LogP contribution is -2.40. The predicted molar refractivity (Wildman–Crippen MR) is 101 cm³/mol. The number of hydrogen-bond acceptors (Lipinski definition) is 5. The van der Waals surface area contributed by atoms with Crippen LogP contribution in [0.1, 0.15) is 12.8 Å². The number of likely N-dealkylation sites (tertiary alicyclic amines) is 1. The van der Waals surface area contributed by atoms with Crippen molar-refractivity contribution in [2.45, 2.75) is 18.0 Å². The van der Waals surface area contributed by atoms with Crippen LogP contribution in [0.4, 0.5) is 4.79 Å². The van der Waals surface area contributed by atoms with E-state index in [9.17, 15) is 4.79 Å². The molecule has 1 N–H and O–H groups in total. The Morgan fingerprint density at radius 2 is 2.12 bits per heavy atom. The van der Waals surface area contributed by atoms with Crippen LogP contribution in [0.2, 0.25) is 0 Å². The molecule has 0 radical (unpaired) electrons. The lowest BCUT2D eigenvalue weighted by molar-refractivity contribution is 0.134. The number of rotatable bonds is 4. The smallest absolute Gasteiger partial charge is 0.410 e.